The van der Waals surface area contributed by atoms with Gasteiger partial charge >= 0.3 is 0 Å². The van der Waals surface area contributed by atoms with Crippen molar-refractivity contribution in [3.8, 4) is 0 Å². The van der Waals surface area contributed by atoms with Gasteiger partial charge in [-0.3, -0.25) is 5.43 Å². The van der Waals surface area contributed by atoms with E-state index in [0.29, 0.717) is 10.7 Å². The van der Waals surface area contributed by atoms with Crippen LogP contribution >= 0.6 is 11.6 Å². The molecular formula is C14H11ClF2N2. The summed E-state index contributed by atoms with van der Waals surface area (Å²) in [6.45, 7) is 1.76. The van der Waals surface area contributed by atoms with Crippen molar-refractivity contribution < 1.29 is 8.78 Å². The van der Waals surface area contributed by atoms with Crippen molar-refractivity contribution in [1.82, 2.24) is 0 Å². The molecule has 0 aliphatic rings. The van der Waals surface area contributed by atoms with Gasteiger partial charge in [0.25, 0.3) is 0 Å². The molecule has 2 nitrogen and oxygen atoms in total. The molecule has 5 heteroatoms. The van der Waals surface area contributed by atoms with Gasteiger partial charge < -0.3 is 0 Å². The molecular weight excluding hydrogens is 270 g/mol. The van der Waals surface area contributed by atoms with Crippen molar-refractivity contribution in [1.29, 1.82) is 0 Å². The van der Waals surface area contributed by atoms with Crippen LogP contribution in [0.5, 0.6) is 0 Å². The molecule has 2 aromatic rings. The maximum absolute atomic E-state index is 13.4. The fraction of sp³-hybridized carbons (Fsp3) is 0.0714. The Morgan fingerprint density at radius 1 is 1.16 bits per heavy atom. The average molecular weight is 281 g/mol. The van der Waals surface area contributed by atoms with Crippen molar-refractivity contribution in [2.24, 2.45) is 5.10 Å². The molecule has 0 fully saturated rings. The Morgan fingerprint density at radius 2 is 1.95 bits per heavy atom. The minimum atomic E-state index is -0.692. The van der Waals surface area contributed by atoms with Crippen molar-refractivity contribution in [3.63, 3.8) is 0 Å². The summed E-state index contributed by atoms with van der Waals surface area (Å²) in [5, 5.41) is 4.64. The van der Waals surface area contributed by atoms with Gasteiger partial charge in [-0.1, -0.05) is 23.7 Å². The van der Waals surface area contributed by atoms with Crippen LogP contribution in [0.4, 0.5) is 14.5 Å². The first-order chi connectivity index (χ1) is 9.06. The second-order valence-electron chi connectivity index (χ2n) is 3.94. The van der Waals surface area contributed by atoms with E-state index >= 15 is 0 Å². The second kappa shape index (κ2) is 5.80. The topological polar surface area (TPSA) is 24.4 Å². The Bertz CT molecular complexity index is 627. The van der Waals surface area contributed by atoms with Crippen molar-refractivity contribution in [3.05, 3.63) is 64.7 Å². The molecule has 0 amide bonds. The Balaban J connectivity index is 2.18. The zero-order chi connectivity index (χ0) is 13.8. The van der Waals surface area contributed by atoms with Crippen LogP contribution in [0.25, 0.3) is 0 Å². The molecule has 19 heavy (non-hydrogen) atoms. The van der Waals surface area contributed by atoms with E-state index < -0.39 is 11.6 Å². The number of hydrogen-bond donors (Lipinski definition) is 1. The lowest BCUT2D eigenvalue weighted by atomic mass is 10.1. The fourth-order valence-electron chi connectivity index (χ4n) is 1.50. The highest BCUT2D eigenvalue weighted by atomic mass is 35.5. The summed E-state index contributed by atoms with van der Waals surface area (Å²) in [5.41, 5.74) is 4.14. The first kappa shape index (κ1) is 13.5. The molecule has 0 aliphatic heterocycles. The molecule has 0 heterocycles. The molecule has 0 unspecified atom stereocenters. The van der Waals surface area contributed by atoms with Crippen molar-refractivity contribution >= 4 is 23.0 Å². The van der Waals surface area contributed by atoms with Crippen LogP contribution in [-0.4, -0.2) is 5.71 Å². The number of nitrogens with zero attached hydrogens (tertiary/aromatic N) is 1. The highest BCUT2D eigenvalue weighted by Crippen LogP contribution is 2.16. The molecule has 0 saturated carbocycles. The van der Waals surface area contributed by atoms with Crippen LogP contribution in [0.15, 0.2) is 47.6 Å². The zero-order valence-electron chi connectivity index (χ0n) is 10.1. The average Bonchev–Trinajstić information content (AvgIpc) is 2.37. The van der Waals surface area contributed by atoms with Crippen LogP contribution in [0, 0.1) is 11.6 Å². The maximum Gasteiger partial charge on any atom is 0.151 e. The molecule has 2 rings (SSSR count). The Kier molecular flexibility index (Phi) is 4.12. The molecule has 1 N–H and O–H groups in total. The molecule has 0 radical (unpaired) electrons. The summed E-state index contributed by atoms with van der Waals surface area (Å²) >= 11 is 5.87. The molecule has 0 bridgehead atoms. The Labute approximate surface area is 114 Å². The summed E-state index contributed by atoms with van der Waals surface area (Å²) in [4.78, 5) is 0. The lowest BCUT2D eigenvalue weighted by Crippen LogP contribution is -2.01. The van der Waals surface area contributed by atoms with E-state index in [1.807, 2.05) is 6.07 Å². The first-order valence-electron chi connectivity index (χ1n) is 5.57. The number of hydrogen-bond acceptors (Lipinski definition) is 2. The van der Waals surface area contributed by atoms with Crippen molar-refractivity contribution in [2.45, 2.75) is 6.92 Å². The smallest absolute Gasteiger partial charge is 0.151 e. The highest BCUT2D eigenvalue weighted by molar-refractivity contribution is 6.31. The lowest BCUT2D eigenvalue weighted by Gasteiger charge is -2.05. The van der Waals surface area contributed by atoms with Crippen LogP contribution in [-0.2, 0) is 0 Å². The van der Waals surface area contributed by atoms with E-state index in [1.54, 1.807) is 25.1 Å². The monoisotopic (exact) mass is 280 g/mol. The van der Waals surface area contributed by atoms with Gasteiger partial charge in [-0.05, 0) is 36.8 Å². The van der Waals surface area contributed by atoms with Gasteiger partial charge in [0.2, 0.25) is 0 Å². The molecule has 0 atom stereocenters. The minimum Gasteiger partial charge on any atom is -0.275 e. The van der Waals surface area contributed by atoms with Gasteiger partial charge in [0.1, 0.15) is 5.82 Å². The van der Waals surface area contributed by atoms with Gasteiger partial charge in [0, 0.05) is 11.1 Å². The van der Waals surface area contributed by atoms with Gasteiger partial charge in [-0.25, -0.2) is 8.78 Å². The molecule has 0 aliphatic carbocycles. The van der Waals surface area contributed by atoms with E-state index in [9.17, 15) is 8.78 Å². The third-order valence-corrected chi connectivity index (χ3v) is 2.75. The van der Waals surface area contributed by atoms with Gasteiger partial charge in [-0.15, -0.1) is 0 Å². The lowest BCUT2D eigenvalue weighted by molar-refractivity contribution is 0.585. The fourth-order valence-corrected chi connectivity index (χ4v) is 1.69. The minimum absolute atomic E-state index is 0.114. The number of anilines is 1. The third-order valence-electron chi connectivity index (χ3n) is 2.52. The SMILES string of the molecule is C/C(=N/Nc1ccc(F)cc1F)c1cccc(Cl)c1. The van der Waals surface area contributed by atoms with E-state index in [4.69, 9.17) is 11.6 Å². The molecule has 0 aromatic heterocycles. The summed E-state index contributed by atoms with van der Waals surface area (Å²) in [6.07, 6.45) is 0. The normalized spacial score (nSPS) is 11.5. The molecule has 0 saturated heterocycles. The predicted octanol–water partition coefficient (Wildman–Crippen LogP) is 4.45. The number of nitrogens with one attached hydrogen (secondary N) is 1. The molecule has 2 aromatic carbocycles. The van der Waals surface area contributed by atoms with E-state index in [-0.39, 0.29) is 5.69 Å². The quantitative estimate of drug-likeness (QED) is 0.652. The largest absolute Gasteiger partial charge is 0.275 e. The van der Waals surface area contributed by atoms with Crippen LogP contribution in [0.2, 0.25) is 5.02 Å². The van der Waals surface area contributed by atoms with Gasteiger partial charge in [-0.2, -0.15) is 5.10 Å². The predicted molar refractivity (Wildman–Crippen MR) is 73.6 cm³/mol. The third kappa shape index (κ3) is 3.51. The zero-order valence-corrected chi connectivity index (χ0v) is 10.9. The van der Waals surface area contributed by atoms with E-state index in [0.717, 1.165) is 17.7 Å². The Hall–Kier alpha value is -1.94. The maximum atomic E-state index is 13.4. The Morgan fingerprint density at radius 3 is 2.63 bits per heavy atom. The summed E-state index contributed by atoms with van der Waals surface area (Å²) in [7, 11) is 0. The summed E-state index contributed by atoms with van der Waals surface area (Å²) < 4.78 is 26.1. The standard InChI is InChI=1S/C14H11ClF2N2/c1-9(10-3-2-4-11(15)7-10)18-19-14-6-5-12(16)8-13(14)17/h2-8,19H,1H3/b18-9-. The summed E-state index contributed by atoms with van der Waals surface area (Å²) in [5.74, 6) is -1.32. The number of hydrazone groups is 1. The van der Waals surface area contributed by atoms with Crippen LogP contribution < -0.4 is 5.43 Å². The van der Waals surface area contributed by atoms with Crippen molar-refractivity contribution in [2.75, 3.05) is 5.43 Å². The number of benzene rings is 2. The first-order valence-corrected chi connectivity index (χ1v) is 5.95. The molecule has 98 valence electrons. The van der Waals surface area contributed by atoms with Crippen LogP contribution in [0.3, 0.4) is 0 Å². The van der Waals surface area contributed by atoms with E-state index in [1.165, 1.54) is 6.07 Å². The van der Waals surface area contributed by atoms with Gasteiger partial charge in [0.15, 0.2) is 5.82 Å². The second-order valence-corrected chi connectivity index (χ2v) is 4.38. The number of rotatable bonds is 3. The van der Waals surface area contributed by atoms with Crippen LogP contribution in [0.1, 0.15) is 12.5 Å². The molecule has 0 spiro atoms. The summed E-state index contributed by atoms with van der Waals surface area (Å²) in [6, 6.07) is 10.4. The van der Waals surface area contributed by atoms with Gasteiger partial charge in [0.05, 0.1) is 11.4 Å². The highest BCUT2D eigenvalue weighted by Gasteiger charge is 2.03. The number of halogens is 3. The van der Waals surface area contributed by atoms with E-state index in [2.05, 4.69) is 10.5 Å².